The first-order valence-corrected chi connectivity index (χ1v) is 13.3. The molecule has 156 valence electrons. The van der Waals surface area contributed by atoms with Gasteiger partial charge in [0.25, 0.3) is 0 Å². The first-order valence-electron chi connectivity index (χ1n) is 10.4. The molecular weight excluding hydrogens is 378 g/mol. The van der Waals surface area contributed by atoms with Crippen LogP contribution in [0.3, 0.4) is 0 Å². The van der Waals surface area contributed by atoms with E-state index in [0.29, 0.717) is 6.61 Å². The zero-order chi connectivity index (χ0) is 21.4. The van der Waals surface area contributed by atoms with E-state index < -0.39 is 13.7 Å². The Morgan fingerprint density at radius 2 is 1.93 bits per heavy atom. The molecule has 5 heteroatoms. The van der Waals surface area contributed by atoms with Gasteiger partial charge in [0.1, 0.15) is 0 Å². The second-order valence-electron chi connectivity index (χ2n) is 9.85. The Labute approximate surface area is 175 Å². The average Bonchev–Trinajstić information content (AvgIpc) is 2.97. The Balaban J connectivity index is 1.85. The number of benzene rings is 1. The molecule has 1 aliphatic rings. The lowest BCUT2D eigenvalue weighted by molar-refractivity contribution is -0.143. The number of nitrogens with zero attached hydrogens (tertiary/aromatic N) is 1. The van der Waals surface area contributed by atoms with Crippen molar-refractivity contribution >= 4 is 31.3 Å². The van der Waals surface area contributed by atoms with Gasteiger partial charge in [0.2, 0.25) is 0 Å². The van der Waals surface area contributed by atoms with Crippen molar-refractivity contribution in [2.45, 2.75) is 65.3 Å². The van der Waals surface area contributed by atoms with Crippen molar-refractivity contribution in [3.63, 3.8) is 0 Å². The molecule has 2 unspecified atom stereocenters. The second kappa shape index (κ2) is 7.69. The molecule has 1 fully saturated rings. The summed E-state index contributed by atoms with van der Waals surface area (Å²) in [6.07, 6.45) is 4.62. The maximum atomic E-state index is 11.9. The highest BCUT2D eigenvalue weighted by Gasteiger charge is 2.39. The summed E-state index contributed by atoms with van der Waals surface area (Å²) in [6.45, 7) is 15.8. The molecule has 2 aromatic rings. The summed E-state index contributed by atoms with van der Waals surface area (Å²) in [4.78, 5) is 16.8. The number of rotatable bonds is 5. The van der Waals surface area contributed by atoms with Crippen molar-refractivity contribution in [1.29, 1.82) is 0 Å². The number of aromatic nitrogens is 1. The largest absolute Gasteiger partial charge is 0.465 e. The van der Waals surface area contributed by atoms with E-state index in [1.807, 2.05) is 19.1 Å². The van der Waals surface area contributed by atoms with Crippen molar-refractivity contribution < 1.29 is 14.0 Å². The lowest BCUT2D eigenvalue weighted by atomic mass is 9.88. The molecule has 1 saturated heterocycles. The van der Waals surface area contributed by atoms with E-state index in [2.05, 4.69) is 71.1 Å². The van der Waals surface area contributed by atoms with Crippen LogP contribution in [0.25, 0.3) is 17.0 Å². The Kier molecular flexibility index (Phi) is 5.76. The molecule has 2 atom stereocenters. The number of esters is 1. The molecule has 1 aromatic carbocycles. The second-order valence-corrected chi connectivity index (χ2v) is 14.6. The molecule has 29 heavy (non-hydrogen) atoms. The van der Waals surface area contributed by atoms with Gasteiger partial charge in [-0.3, -0.25) is 9.78 Å². The smallest absolute Gasteiger partial charge is 0.315 e. The van der Waals surface area contributed by atoms with Gasteiger partial charge >= 0.3 is 5.97 Å². The fourth-order valence-corrected chi connectivity index (χ4v) is 4.57. The molecular formula is C24H33NO3Si. The van der Waals surface area contributed by atoms with Crippen LogP contribution in [0, 0.1) is 5.41 Å². The minimum Gasteiger partial charge on any atom is -0.465 e. The Morgan fingerprint density at radius 3 is 2.55 bits per heavy atom. The molecule has 4 nitrogen and oxygen atoms in total. The van der Waals surface area contributed by atoms with E-state index in [1.54, 1.807) is 0 Å². The van der Waals surface area contributed by atoms with Crippen LogP contribution >= 0.6 is 0 Å². The standard InChI is InChI=1S/C24H33NO3Si/c1-17(28-29(6,7)23(2,3)4)20-11-10-19-9-8-18(16-21(19)25-20)12-13-24(5)14-15-27-22(24)26/h8-13,16-17H,14-15H2,1-7H3. The van der Waals surface area contributed by atoms with Crippen LogP contribution < -0.4 is 0 Å². The molecule has 1 aliphatic heterocycles. The van der Waals surface area contributed by atoms with E-state index in [0.717, 1.165) is 28.6 Å². The minimum atomic E-state index is -1.87. The highest BCUT2D eigenvalue weighted by molar-refractivity contribution is 6.74. The number of carbonyl (C=O) groups is 1. The summed E-state index contributed by atoms with van der Waals surface area (Å²) in [5, 5.41) is 1.25. The maximum absolute atomic E-state index is 11.9. The summed E-state index contributed by atoms with van der Waals surface area (Å²) in [7, 11) is -1.87. The molecule has 0 saturated carbocycles. The molecule has 0 radical (unpaired) electrons. The number of pyridine rings is 1. The van der Waals surface area contributed by atoms with E-state index in [9.17, 15) is 4.79 Å². The van der Waals surface area contributed by atoms with Crippen LogP contribution in [-0.2, 0) is 14.0 Å². The van der Waals surface area contributed by atoms with Crippen molar-refractivity contribution in [3.8, 4) is 0 Å². The highest BCUT2D eigenvalue weighted by atomic mass is 28.4. The van der Waals surface area contributed by atoms with Gasteiger partial charge in [-0.25, -0.2) is 0 Å². The molecule has 2 heterocycles. The Morgan fingerprint density at radius 1 is 1.24 bits per heavy atom. The lowest BCUT2D eigenvalue weighted by Crippen LogP contribution is -2.41. The third-order valence-electron chi connectivity index (χ3n) is 6.40. The first-order chi connectivity index (χ1) is 13.4. The van der Waals surface area contributed by atoms with E-state index in [4.69, 9.17) is 14.1 Å². The summed E-state index contributed by atoms with van der Waals surface area (Å²) in [5.41, 5.74) is 2.39. The number of cyclic esters (lactones) is 1. The SMILES string of the molecule is CC(O[Si](C)(C)C(C)(C)C)c1ccc2ccc(C=CC3(C)CCOC3=O)cc2n1. The van der Waals surface area contributed by atoms with E-state index in [1.165, 1.54) is 0 Å². The molecule has 0 N–H and O–H groups in total. The van der Waals surface area contributed by atoms with Crippen LogP contribution in [0.2, 0.25) is 18.1 Å². The number of ether oxygens (including phenoxy) is 1. The zero-order valence-corrected chi connectivity index (χ0v) is 19.7. The van der Waals surface area contributed by atoms with Gasteiger partial charge in [-0.15, -0.1) is 0 Å². The van der Waals surface area contributed by atoms with Crippen LogP contribution in [0.5, 0.6) is 0 Å². The summed E-state index contributed by atoms with van der Waals surface area (Å²) in [5.74, 6) is -0.147. The third kappa shape index (κ3) is 4.62. The molecule has 0 amide bonds. The van der Waals surface area contributed by atoms with E-state index >= 15 is 0 Å². The summed E-state index contributed by atoms with van der Waals surface area (Å²) >= 11 is 0. The van der Waals surface area contributed by atoms with Crippen LogP contribution in [0.4, 0.5) is 0 Å². The summed E-state index contributed by atoms with van der Waals surface area (Å²) in [6, 6.07) is 10.4. The predicted octanol–water partition coefficient (Wildman–Crippen LogP) is 6.28. The predicted molar refractivity (Wildman–Crippen MR) is 121 cm³/mol. The van der Waals surface area contributed by atoms with Crippen molar-refractivity contribution in [2.24, 2.45) is 5.41 Å². The van der Waals surface area contributed by atoms with Crippen LogP contribution in [-0.4, -0.2) is 25.9 Å². The third-order valence-corrected chi connectivity index (χ3v) is 11.0. The van der Waals surface area contributed by atoms with Gasteiger partial charge in [0.05, 0.1) is 29.3 Å². The fourth-order valence-electron chi connectivity index (χ4n) is 3.21. The van der Waals surface area contributed by atoms with Crippen molar-refractivity contribution in [3.05, 3.63) is 47.7 Å². The number of hydrogen-bond donors (Lipinski definition) is 0. The molecule has 3 rings (SSSR count). The number of hydrogen-bond acceptors (Lipinski definition) is 4. The fraction of sp³-hybridized carbons (Fsp3) is 0.500. The average molecular weight is 412 g/mol. The molecule has 0 aliphatic carbocycles. The quantitative estimate of drug-likeness (QED) is 0.429. The lowest BCUT2D eigenvalue weighted by Gasteiger charge is -2.38. The molecule has 0 spiro atoms. The number of fused-ring (bicyclic) bond motifs is 1. The first kappa shape index (κ1) is 21.7. The van der Waals surface area contributed by atoms with Gasteiger partial charge in [-0.2, -0.15) is 0 Å². The zero-order valence-electron chi connectivity index (χ0n) is 18.7. The van der Waals surface area contributed by atoms with Crippen molar-refractivity contribution in [1.82, 2.24) is 4.98 Å². The van der Waals surface area contributed by atoms with Gasteiger partial charge in [-0.05, 0) is 49.7 Å². The maximum Gasteiger partial charge on any atom is 0.315 e. The number of carbonyl (C=O) groups excluding carboxylic acids is 1. The topological polar surface area (TPSA) is 48.4 Å². The molecule has 0 bridgehead atoms. The summed E-state index contributed by atoms with van der Waals surface area (Å²) < 4.78 is 11.6. The van der Waals surface area contributed by atoms with Crippen LogP contribution in [0.15, 0.2) is 36.4 Å². The Hall–Kier alpha value is -1.98. The minimum absolute atomic E-state index is 0.0494. The Bertz CT molecular complexity index is 945. The normalized spacial score (nSPS) is 21.7. The van der Waals surface area contributed by atoms with Gasteiger partial charge < -0.3 is 9.16 Å². The van der Waals surface area contributed by atoms with Gasteiger partial charge in [0.15, 0.2) is 8.32 Å². The van der Waals surface area contributed by atoms with Gasteiger partial charge in [-0.1, -0.05) is 51.1 Å². The van der Waals surface area contributed by atoms with Crippen LogP contribution in [0.1, 0.15) is 58.4 Å². The van der Waals surface area contributed by atoms with E-state index in [-0.39, 0.29) is 17.1 Å². The molecule has 1 aromatic heterocycles. The van der Waals surface area contributed by atoms with Crippen molar-refractivity contribution in [2.75, 3.05) is 6.61 Å². The monoisotopic (exact) mass is 411 g/mol. The van der Waals surface area contributed by atoms with Gasteiger partial charge in [0, 0.05) is 11.8 Å². The highest BCUT2D eigenvalue weighted by Crippen LogP contribution is 2.39.